The second-order valence-corrected chi connectivity index (χ2v) is 10.4. The molecule has 1 amide bonds. The maximum Gasteiger partial charge on any atom is 0.250 e. The predicted molar refractivity (Wildman–Crippen MR) is 104 cm³/mol. The zero-order chi connectivity index (χ0) is 19.6. The van der Waals surface area contributed by atoms with Crippen LogP contribution < -0.4 is 4.74 Å². The van der Waals surface area contributed by atoms with Gasteiger partial charge in [0.05, 0.1) is 25.1 Å². The average molecular weight is 400 g/mol. The number of aromatic nitrogens is 1. The van der Waals surface area contributed by atoms with Gasteiger partial charge in [0.2, 0.25) is 11.8 Å². The second kappa shape index (κ2) is 6.40. The first-order valence-electron chi connectivity index (χ1n) is 11.2. The molecule has 0 N–H and O–H groups in total. The van der Waals surface area contributed by atoms with Crippen LogP contribution in [-0.2, 0) is 9.53 Å². The van der Waals surface area contributed by atoms with Crippen LogP contribution in [0.4, 0.5) is 4.39 Å². The van der Waals surface area contributed by atoms with Crippen molar-refractivity contribution >= 4 is 5.91 Å². The lowest BCUT2D eigenvalue weighted by Crippen LogP contribution is -2.69. The second-order valence-electron chi connectivity index (χ2n) is 10.4. The number of rotatable bonds is 4. The van der Waals surface area contributed by atoms with E-state index in [4.69, 9.17) is 9.47 Å². The van der Waals surface area contributed by atoms with Gasteiger partial charge in [-0.3, -0.25) is 4.79 Å². The van der Waals surface area contributed by atoms with E-state index in [1.807, 2.05) is 4.90 Å². The summed E-state index contributed by atoms with van der Waals surface area (Å²) in [5.41, 5.74) is -0.402. The van der Waals surface area contributed by atoms with Gasteiger partial charge in [-0.25, -0.2) is 9.37 Å². The molecule has 0 radical (unpaired) electrons. The van der Waals surface area contributed by atoms with E-state index in [0.29, 0.717) is 32.2 Å². The molecule has 1 aromatic rings. The molecule has 0 aromatic carbocycles. The van der Waals surface area contributed by atoms with Crippen LogP contribution in [0.15, 0.2) is 18.3 Å². The quantitative estimate of drug-likeness (QED) is 0.777. The van der Waals surface area contributed by atoms with E-state index in [9.17, 15) is 9.18 Å². The Balaban J connectivity index is 1.11. The molecular weight excluding hydrogens is 371 g/mol. The molecule has 6 aliphatic rings. The Morgan fingerprint density at radius 2 is 1.90 bits per heavy atom. The summed E-state index contributed by atoms with van der Waals surface area (Å²) in [4.78, 5) is 19.6. The Bertz CT molecular complexity index is 787. The molecule has 1 atom stereocenters. The fourth-order valence-corrected chi connectivity index (χ4v) is 7.48. The molecular formula is C23H29FN2O3. The van der Waals surface area contributed by atoms with Crippen molar-refractivity contribution in [2.45, 2.75) is 50.5 Å². The van der Waals surface area contributed by atoms with E-state index in [1.54, 1.807) is 6.07 Å². The van der Waals surface area contributed by atoms with Gasteiger partial charge < -0.3 is 14.4 Å². The molecule has 29 heavy (non-hydrogen) atoms. The summed E-state index contributed by atoms with van der Waals surface area (Å²) < 4.78 is 25.6. The summed E-state index contributed by atoms with van der Waals surface area (Å²) in [6.45, 7) is 2.38. The monoisotopic (exact) mass is 400 g/mol. The van der Waals surface area contributed by atoms with Gasteiger partial charge in [0.25, 0.3) is 0 Å². The molecule has 0 unspecified atom stereocenters. The number of amides is 1. The molecule has 6 fully saturated rings. The average Bonchev–Trinajstić information content (AvgIpc) is 3.08. The minimum atomic E-state index is -0.437. The summed E-state index contributed by atoms with van der Waals surface area (Å²) in [6, 6.07) is 2.92. The van der Waals surface area contributed by atoms with Crippen molar-refractivity contribution < 1.29 is 18.7 Å². The van der Waals surface area contributed by atoms with Gasteiger partial charge in [-0.1, -0.05) is 0 Å². The number of nitrogens with zero attached hydrogens (tertiary/aromatic N) is 2. The third-order valence-corrected chi connectivity index (χ3v) is 8.44. The highest BCUT2D eigenvalue weighted by atomic mass is 19.1. The lowest BCUT2D eigenvalue weighted by molar-refractivity contribution is -0.187. The predicted octanol–water partition coefficient (Wildman–Crippen LogP) is 3.43. The van der Waals surface area contributed by atoms with Crippen molar-refractivity contribution in [2.24, 2.45) is 29.1 Å². The Labute approximate surface area is 171 Å². The van der Waals surface area contributed by atoms with Gasteiger partial charge in [0, 0.05) is 18.7 Å². The van der Waals surface area contributed by atoms with Crippen molar-refractivity contribution in [2.75, 3.05) is 26.3 Å². The zero-order valence-corrected chi connectivity index (χ0v) is 16.8. The standard InChI is InChI=1S/C23H29FN2O3/c24-19-2-1-4-25-20(19)28-12-18-3-5-29-23(18)13-26(14-23)21(27)22-9-15-6-16(10-22)8-17(7-15)11-22/h1-2,4,15-18H,3,5-14H2/t15?,16?,17?,18-,22?/m0/s1. The summed E-state index contributed by atoms with van der Waals surface area (Å²) in [5.74, 6) is 2.49. The summed E-state index contributed by atoms with van der Waals surface area (Å²) in [7, 11) is 0. The third-order valence-electron chi connectivity index (χ3n) is 8.44. The topological polar surface area (TPSA) is 51.7 Å². The molecule has 1 spiro atoms. The first kappa shape index (κ1) is 18.1. The Kier molecular flexibility index (Phi) is 4.00. The van der Waals surface area contributed by atoms with E-state index < -0.39 is 5.82 Å². The summed E-state index contributed by atoms with van der Waals surface area (Å²) >= 11 is 0. The van der Waals surface area contributed by atoms with Crippen LogP contribution in [-0.4, -0.2) is 47.7 Å². The van der Waals surface area contributed by atoms with Crippen molar-refractivity contribution in [3.05, 3.63) is 24.1 Å². The first-order chi connectivity index (χ1) is 14.1. The molecule has 5 nitrogen and oxygen atoms in total. The van der Waals surface area contributed by atoms with Crippen LogP contribution in [0.2, 0.25) is 0 Å². The molecule has 2 saturated heterocycles. The molecule has 156 valence electrons. The lowest BCUT2D eigenvalue weighted by Gasteiger charge is -2.59. The molecule has 7 rings (SSSR count). The van der Waals surface area contributed by atoms with Gasteiger partial charge in [0.15, 0.2) is 5.82 Å². The van der Waals surface area contributed by atoms with E-state index in [0.717, 1.165) is 43.4 Å². The normalized spacial score (nSPS) is 39.0. The number of likely N-dealkylation sites (tertiary alicyclic amines) is 1. The molecule has 4 bridgehead atoms. The number of hydrogen-bond donors (Lipinski definition) is 0. The van der Waals surface area contributed by atoms with Crippen molar-refractivity contribution in [3.63, 3.8) is 0 Å². The maximum atomic E-state index is 13.8. The fraction of sp³-hybridized carbons (Fsp3) is 0.739. The highest BCUT2D eigenvalue weighted by Crippen LogP contribution is 2.61. The largest absolute Gasteiger partial charge is 0.475 e. The molecule has 3 heterocycles. The number of halogens is 1. The Hall–Kier alpha value is -1.69. The molecule has 4 aliphatic carbocycles. The van der Waals surface area contributed by atoms with Crippen molar-refractivity contribution in [1.82, 2.24) is 9.88 Å². The van der Waals surface area contributed by atoms with Crippen LogP contribution in [0.25, 0.3) is 0 Å². The van der Waals surface area contributed by atoms with Crippen molar-refractivity contribution in [1.29, 1.82) is 0 Å². The van der Waals surface area contributed by atoms with Crippen LogP contribution in [0, 0.1) is 34.9 Å². The summed E-state index contributed by atoms with van der Waals surface area (Å²) in [6.07, 6.45) is 9.78. The van der Waals surface area contributed by atoms with Gasteiger partial charge in [-0.05, 0) is 74.8 Å². The number of pyridine rings is 1. The van der Waals surface area contributed by atoms with E-state index >= 15 is 0 Å². The molecule has 1 aromatic heterocycles. The van der Waals surface area contributed by atoms with E-state index in [1.165, 1.54) is 31.5 Å². The molecule has 2 aliphatic heterocycles. The van der Waals surface area contributed by atoms with Crippen molar-refractivity contribution in [3.8, 4) is 5.88 Å². The molecule has 6 heteroatoms. The number of ether oxygens (including phenoxy) is 2. The maximum absolute atomic E-state index is 13.8. The minimum absolute atomic E-state index is 0.0513. The Morgan fingerprint density at radius 1 is 1.21 bits per heavy atom. The Morgan fingerprint density at radius 3 is 2.55 bits per heavy atom. The van der Waals surface area contributed by atoms with Crippen LogP contribution >= 0.6 is 0 Å². The van der Waals surface area contributed by atoms with Crippen LogP contribution in [0.1, 0.15) is 44.9 Å². The first-order valence-corrected chi connectivity index (χ1v) is 11.2. The zero-order valence-electron chi connectivity index (χ0n) is 16.8. The SMILES string of the molecule is O=C(N1CC2(C1)OCC[C@H]2COc1ncccc1F)C12CC3CC(CC(C3)C1)C2. The third kappa shape index (κ3) is 2.82. The minimum Gasteiger partial charge on any atom is -0.475 e. The van der Waals surface area contributed by atoms with Crippen LogP contribution in [0.5, 0.6) is 5.88 Å². The number of hydrogen-bond acceptors (Lipinski definition) is 4. The number of carbonyl (C=O) groups is 1. The molecule has 4 saturated carbocycles. The van der Waals surface area contributed by atoms with Gasteiger partial charge in [0.1, 0.15) is 5.60 Å². The number of carbonyl (C=O) groups excluding carboxylic acids is 1. The van der Waals surface area contributed by atoms with Gasteiger partial charge in [-0.15, -0.1) is 0 Å². The highest BCUT2D eigenvalue weighted by Gasteiger charge is 2.60. The fourth-order valence-electron chi connectivity index (χ4n) is 7.48. The van der Waals surface area contributed by atoms with Gasteiger partial charge >= 0.3 is 0 Å². The lowest BCUT2D eigenvalue weighted by atomic mass is 9.49. The van der Waals surface area contributed by atoms with Gasteiger partial charge in [-0.2, -0.15) is 0 Å². The van der Waals surface area contributed by atoms with Crippen LogP contribution in [0.3, 0.4) is 0 Å². The van der Waals surface area contributed by atoms with E-state index in [-0.39, 0.29) is 22.8 Å². The summed E-state index contributed by atoms with van der Waals surface area (Å²) in [5, 5.41) is 0. The van der Waals surface area contributed by atoms with E-state index in [2.05, 4.69) is 4.98 Å². The highest BCUT2D eigenvalue weighted by molar-refractivity contribution is 5.84. The smallest absolute Gasteiger partial charge is 0.250 e.